The van der Waals surface area contributed by atoms with Crippen molar-refractivity contribution in [1.82, 2.24) is 15.3 Å². The molecular weight excluding hydrogens is 448 g/mol. The van der Waals surface area contributed by atoms with E-state index >= 15 is 0 Å². The molecule has 182 valence electrons. The van der Waals surface area contributed by atoms with E-state index in [4.69, 9.17) is 9.47 Å². The molecule has 1 aliphatic rings. The van der Waals surface area contributed by atoms with Gasteiger partial charge >= 0.3 is 6.09 Å². The maximum atomic E-state index is 12.2. The highest BCUT2D eigenvalue weighted by molar-refractivity contribution is 5.94. The topological polar surface area (TPSA) is 118 Å². The van der Waals surface area contributed by atoms with E-state index in [-0.39, 0.29) is 19.1 Å². The normalized spacial score (nSPS) is 13.1. The number of aryl methyl sites for hydroxylation is 1. The lowest BCUT2D eigenvalue weighted by atomic mass is 10.2. The summed E-state index contributed by atoms with van der Waals surface area (Å²) in [5, 5.41) is 8.46. The van der Waals surface area contributed by atoms with Crippen molar-refractivity contribution in [2.75, 3.05) is 48.4 Å². The molecule has 1 aromatic heterocycles. The van der Waals surface area contributed by atoms with E-state index in [2.05, 4.69) is 30.8 Å². The summed E-state index contributed by atoms with van der Waals surface area (Å²) >= 11 is 0. The van der Waals surface area contributed by atoms with E-state index in [0.717, 1.165) is 30.0 Å². The molecule has 0 spiro atoms. The fraction of sp³-hybridized carbons (Fsp3) is 0.280. The van der Waals surface area contributed by atoms with Gasteiger partial charge in [0.1, 0.15) is 19.0 Å². The van der Waals surface area contributed by atoms with E-state index < -0.39 is 6.09 Å². The van der Waals surface area contributed by atoms with Gasteiger partial charge in [-0.25, -0.2) is 9.78 Å². The number of nitrogens with one attached hydrogen (secondary N) is 3. The number of carbonyl (C=O) groups excluding carboxylic acids is 2. The second-order valence-electron chi connectivity index (χ2n) is 7.96. The summed E-state index contributed by atoms with van der Waals surface area (Å²) in [4.78, 5) is 35.2. The van der Waals surface area contributed by atoms with E-state index in [1.54, 1.807) is 12.1 Å². The van der Waals surface area contributed by atoms with Crippen LogP contribution in [-0.4, -0.2) is 54.8 Å². The number of carbonyl (C=O) groups is 2. The predicted molar refractivity (Wildman–Crippen MR) is 133 cm³/mol. The smallest absolute Gasteiger partial charge is 0.407 e. The van der Waals surface area contributed by atoms with Crippen molar-refractivity contribution < 1.29 is 19.1 Å². The fourth-order valence-electron chi connectivity index (χ4n) is 3.44. The van der Waals surface area contributed by atoms with Gasteiger partial charge in [0, 0.05) is 36.2 Å². The van der Waals surface area contributed by atoms with Gasteiger partial charge in [-0.05, 0) is 36.8 Å². The summed E-state index contributed by atoms with van der Waals surface area (Å²) in [6.45, 7) is 4.73. The molecule has 1 fully saturated rings. The molecule has 1 saturated heterocycles. The van der Waals surface area contributed by atoms with E-state index in [1.807, 2.05) is 55.5 Å². The molecule has 2 amide bonds. The van der Waals surface area contributed by atoms with Crippen LogP contribution in [0.2, 0.25) is 0 Å². The highest BCUT2D eigenvalue weighted by Gasteiger charge is 2.15. The highest BCUT2D eigenvalue weighted by atomic mass is 16.5. The van der Waals surface area contributed by atoms with Crippen LogP contribution in [0.3, 0.4) is 0 Å². The molecule has 0 atom stereocenters. The Bertz CT molecular complexity index is 1130. The Morgan fingerprint density at radius 1 is 1.00 bits per heavy atom. The minimum atomic E-state index is -0.653. The molecule has 3 N–H and O–H groups in total. The van der Waals surface area contributed by atoms with Crippen LogP contribution < -0.4 is 20.9 Å². The van der Waals surface area contributed by atoms with Crippen LogP contribution >= 0.6 is 0 Å². The maximum Gasteiger partial charge on any atom is 0.407 e. The van der Waals surface area contributed by atoms with Crippen LogP contribution in [0.5, 0.6) is 0 Å². The molecule has 10 heteroatoms. The highest BCUT2D eigenvalue weighted by Crippen LogP contribution is 2.21. The van der Waals surface area contributed by atoms with E-state index in [1.165, 1.54) is 0 Å². The summed E-state index contributed by atoms with van der Waals surface area (Å²) < 4.78 is 10.5. The summed E-state index contributed by atoms with van der Waals surface area (Å²) in [6, 6.07) is 18.4. The van der Waals surface area contributed by atoms with Crippen LogP contribution in [0.15, 0.2) is 60.7 Å². The number of ether oxygens (including phenoxy) is 2. The summed E-state index contributed by atoms with van der Waals surface area (Å²) in [5.74, 6) is 1.01. The molecular formula is C25H28N6O4. The van der Waals surface area contributed by atoms with Crippen molar-refractivity contribution in [3.8, 4) is 0 Å². The average Bonchev–Trinajstić information content (AvgIpc) is 2.88. The van der Waals surface area contributed by atoms with Crippen molar-refractivity contribution >= 4 is 35.1 Å². The largest absolute Gasteiger partial charge is 0.445 e. The molecule has 0 unspecified atom stereocenters. The summed E-state index contributed by atoms with van der Waals surface area (Å²) in [7, 11) is 0. The van der Waals surface area contributed by atoms with Gasteiger partial charge in [-0.3, -0.25) is 4.79 Å². The number of aromatic nitrogens is 2. The second kappa shape index (κ2) is 11.8. The lowest BCUT2D eigenvalue weighted by Crippen LogP contribution is -2.37. The number of alkyl carbamates (subject to hydrolysis) is 1. The van der Waals surface area contributed by atoms with Gasteiger partial charge in [-0.2, -0.15) is 4.98 Å². The van der Waals surface area contributed by atoms with Crippen molar-refractivity contribution in [1.29, 1.82) is 0 Å². The number of hydrogen-bond acceptors (Lipinski definition) is 8. The van der Waals surface area contributed by atoms with Gasteiger partial charge < -0.3 is 30.3 Å². The number of morpholine rings is 1. The SMILES string of the molecule is Cc1cc(Nc2ccc(NC(=O)CNC(=O)OCc3ccccc3)cc2)nc(N2CCOCC2)n1. The van der Waals surface area contributed by atoms with Gasteiger partial charge in [0.05, 0.1) is 13.2 Å². The first-order chi connectivity index (χ1) is 17.0. The van der Waals surface area contributed by atoms with Gasteiger partial charge in [-0.15, -0.1) is 0 Å². The second-order valence-corrected chi connectivity index (χ2v) is 7.96. The lowest BCUT2D eigenvalue weighted by Gasteiger charge is -2.27. The standard InChI is InChI=1S/C25H28N6O4/c1-18-15-22(30-24(27-18)31-11-13-34-14-12-31)28-20-7-9-21(10-8-20)29-23(32)16-26-25(33)35-17-19-5-3-2-4-6-19/h2-10,15H,11-14,16-17H2,1H3,(H,26,33)(H,29,32)(H,27,28,30). The van der Waals surface area contributed by atoms with Crippen LogP contribution in [0.4, 0.5) is 27.9 Å². The van der Waals surface area contributed by atoms with Crippen molar-refractivity contribution in [3.05, 3.63) is 71.9 Å². The Kier molecular flexibility index (Phi) is 8.08. The van der Waals surface area contributed by atoms with Crippen molar-refractivity contribution in [3.63, 3.8) is 0 Å². The van der Waals surface area contributed by atoms with Crippen molar-refractivity contribution in [2.45, 2.75) is 13.5 Å². The Morgan fingerprint density at radius 2 is 1.71 bits per heavy atom. The lowest BCUT2D eigenvalue weighted by molar-refractivity contribution is -0.115. The monoisotopic (exact) mass is 476 g/mol. The number of rotatable bonds is 8. The van der Waals surface area contributed by atoms with Crippen LogP contribution in [0, 0.1) is 6.92 Å². The molecule has 10 nitrogen and oxygen atoms in total. The number of benzene rings is 2. The summed E-state index contributed by atoms with van der Waals surface area (Å²) in [6.07, 6.45) is -0.653. The average molecular weight is 477 g/mol. The Labute approximate surface area is 203 Å². The minimum absolute atomic E-state index is 0.141. The zero-order valence-corrected chi connectivity index (χ0v) is 19.5. The molecule has 0 saturated carbocycles. The zero-order valence-electron chi connectivity index (χ0n) is 19.5. The quantitative estimate of drug-likeness (QED) is 0.454. The van der Waals surface area contributed by atoms with Crippen LogP contribution in [0.1, 0.15) is 11.3 Å². The van der Waals surface area contributed by atoms with E-state index in [9.17, 15) is 9.59 Å². The number of amides is 2. The maximum absolute atomic E-state index is 12.2. The molecule has 2 heterocycles. The van der Waals surface area contributed by atoms with Crippen LogP contribution in [-0.2, 0) is 20.9 Å². The molecule has 0 aliphatic carbocycles. The first kappa shape index (κ1) is 24.0. The van der Waals surface area contributed by atoms with E-state index in [0.29, 0.717) is 30.7 Å². The third-order valence-electron chi connectivity index (χ3n) is 5.18. The third-order valence-corrected chi connectivity index (χ3v) is 5.18. The fourth-order valence-corrected chi connectivity index (χ4v) is 3.44. The number of anilines is 4. The Balaban J connectivity index is 1.24. The molecule has 2 aromatic carbocycles. The molecule has 35 heavy (non-hydrogen) atoms. The Hall–Kier alpha value is -4.18. The zero-order chi connectivity index (χ0) is 24.5. The first-order valence-corrected chi connectivity index (χ1v) is 11.3. The molecule has 0 bridgehead atoms. The molecule has 4 rings (SSSR count). The first-order valence-electron chi connectivity index (χ1n) is 11.3. The Morgan fingerprint density at radius 3 is 2.46 bits per heavy atom. The van der Waals surface area contributed by atoms with Crippen LogP contribution in [0.25, 0.3) is 0 Å². The van der Waals surface area contributed by atoms with Gasteiger partial charge in [0.25, 0.3) is 0 Å². The molecule has 3 aromatic rings. The van der Waals surface area contributed by atoms with Gasteiger partial charge in [-0.1, -0.05) is 30.3 Å². The van der Waals surface area contributed by atoms with Crippen molar-refractivity contribution in [2.24, 2.45) is 0 Å². The molecule has 1 aliphatic heterocycles. The molecule has 0 radical (unpaired) electrons. The summed E-state index contributed by atoms with van der Waals surface area (Å²) in [5.41, 5.74) is 3.16. The number of nitrogens with zero attached hydrogens (tertiary/aromatic N) is 3. The minimum Gasteiger partial charge on any atom is -0.445 e. The van der Waals surface area contributed by atoms with Gasteiger partial charge in [0.2, 0.25) is 11.9 Å². The van der Waals surface area contributed by atoms with Gasteiger partial charge in [0.15, 0.2) is 0 Å². The third kappa shape index (κ3) is 7.41. The predicted octanol–water partition coefficient (Wildman–Crippen LogP) is 3.23. The number of hydrogen-bond donors (Lipinski definition) is 3.